The molecule has 0 spiro atoms. The van der Waals surface area contributed by atoms with Crippen molar-refractivity contribution < 1.29 is 14.6 Å². The Hall–Kier alpha value is -1.55. The predicted octanol–water partition coefficient (Wildman–Crippen LogP) is 1.69. The number of piperidine rings is 1. The van der Waals surface area contributed by atoms with Crippen molar-refractivity contribution in [3.8, 4) is 5.75 Å². The lowest BCUT2D eigenvalue weighted by molar-refractivity contribution is -0.133. The third kappa shape index (κ3) is 4.24. The van der Waals surface area contributed by atoms with Gasteiger partial charge in [0.15, 0.2) is 0 Å². The van der Waals surface area contributed by atoms with Gasteiger partial charge in [0.25, 0.3) is 0 Å². The summed E-state index contributed by atoms with van der Waals surface area (Å²) >= 11 is 0. The van der Waals surface area contributed by atoms with Crippen LogP contribution in [0.3, 0.4) is 0 Å². The van der Waals surface area contributed by atoms with Crippen LogP contribution in [0.15, 0.2) is 30.3 Å². The minimum atomic E-state index is 0.120. The molecule has 1 aromatic carbocycles. The van der Waals surface area contributed by atoms with Crippen LogP contribution >= 0.6 is 0 Å². The summed E-state index contributed by atoms with van der Waals surface area (Å²) in [5.74, 6) is 1.16. The smallest absolute Gasteiger partial charge is 0.226 e. The summed E-state index contributed by atoms with van der Waals surface area (Å²) in [6, 6.07) is 9.52. The van der Waals surface area contributed by atoms with Crippen LogP contribution < -0.4 is 4.74 Å². The number of benzene rings is 1. The Kier molecular flexibility index (Phi) is 5.21. The molecule has 0 radical (unpaired) electrons. The van der Waals surface area contributed by atoms with Crippen LogP contribution in [0.5, 0.6) is 5.75 Å². The monoisotopic (exact) mass is 263 g/mol. The lowest BCUT2D eigenvalue weighted by Gasteiger charge is -2.31. The SMILES string of the molecule is O=C(CCOc1ccccc1)N1CCCC(CO)C1. The first-order chi connectivity index (χ1) is 9.29. The molecular formula is C15H21NO3. The van der Waals surface area contributed by atoms with E-state index < -0.39 is 0 Å². The fraction of sp³-hybridized carbons (Fsp3) is 0.533. The molecule has 1 aromatic rings. The zero-order valence-electron chi connectivity index (χ0n) is 11.1. The topological polar surface area (TPSA) is 49.8 Å². The van der Waals surface area contributed by atoms with E-state index in [1.54, 1.807) is 0 Å². The molecule has 1 aliphatic heterocycles. The second-order valence-corrected chi connectivity index (χ2v) is 4.94. The molecule has 0 aliphatic carbocycles. The molecule has 104 valence electrons. The van der Waals surface area contributed by atoms with Gasteiger partial charge in [0, 0.05) is 19.7 Å². The molecule has 4 heteroatoms. The third-order valence-electron chi connectivity index (χ3n) is 3.46. The van der Waals surface area contributed by atoms with Crippen LogP contribution in [-0.4, -0.2) is 42.2 Å². The average Bonchev–Trinajstić information content (AvgIpc) is 2.48. The minimum Gasteiger partial charge on any atom is -0.493 e. The molecule has 2 rings (SSSR count). The minimum absolute atomic E-state index is 0.120. The molecule has 1 aliphatic rings. The molecule has 1 amide bonds. The molecule has 1 saturated heterocycles. The van der Waals surface area contributed by atoms with Crippen LogP contribution in [0.2, 0.25) is 0 Å². The van der Waals surface area contributed by atoms with Crippen molar-refractivity contribution in [1.29, 1.82) is 0 Å². The number of rotatable bonds is 5. The molecule has 1 atom stereocenters. The first-order valence-corrected chi connectivity index (χ1v) is 6.86. The fourth-order valence-electron chi connectivity index (χ4n) is 2.37. The summed E-state index contributed by atoms with van der Waals surface area (Å²) in [7, 11) is 0. The van der Waals surface area contributed by atoms with Crippen LogP contribution in [0.1, 0.15) is 19.3 Å². The van der Waals surface area contributed by atoms with E-state index in [1.165, 1.54) is 0 Å². The molecule has 0 saturated carbocycles. The van der Waals surface area contributed by atoms with Gasteiger partial charge in [-0.25, -0.2) is 0 Å². The lowest BCUT2D eigenvalue weighted by Crippen LogP contribution is -2.41. The number of aliphatic hydroxyl groups is 1. The Morgan fingerprint density at radius 3 is 2.89 bits per heavy atom. The first-order valence-electron chi connectivity index (χ1n) is 6.86. The number of hydrogen-bond donors (Lipinski definition) is 1. The molecule has 0 aromatic heterocycles. The number of aliphatic hydroxyl groups excluding tert-OH is 1. The lowest BCUT2D eigenvalue weighted by atomic mass is 9.99. The predicted molar refractivity (Wildman–Crippen MR) is 72.9 cm³/mol. The fourth-order valence-corrected chi connectivity index (χ4v) is 2.37. The maximum atomic E-state index is 12.0. The van der Waals surface area contributed by atoms with Gasteiger partial charge in [0.2, 0.25) is 5.91 Å². The van der Waals surface area contributed by atoms with Crippen molar-refractivity contribution in [2.75, 3.05) is 26.3 Å². The van der Waals surface area contributed by atoms with Crippen molar-refractivity contribution in [2.45, 2.75) is 19.3 Å². The number of hydrogen-bond acceptors (Lipinski definition) is 3. The average molecular weight is 263 g/mol. The van der Waals surface area contributed by atoms with E-state index in [0.717, 1.165) is 25.1 Å². The highest BCUT2D eigenvalue weighted by molar-refractivity contribution is 5.76. The van der Waals surface area contributed by atoms with E-state index in [2.05, 4.69) is 0 Å². The summed E-state index contributed by atoms with van der Waals surface area (Å²) < 4.78 is 5.52. The van der Waals surface area contributed by atoms with Crippen molar-refractivity contribution in [2.24, 2.45) is 5.92 Å². The zero-order valence-corrected chi connectivity index (χ0v) is 11.1. The molecule has 1 heterocycles. The molecule has 4 nitrogen and oxygen atoms in total. The Balaban J connectivity index is 1.72. The van der Waals surface area contributed by atoms with Crippen LogP contribution in [0.25, 0.3) is 0 Å². The molecule has 0 bridgehead atoms. The van der Waals surface area contributed by atoms with Gasteiger partial charge in [0.1, 0.15) is 5.75 Å². The summed E-state index contributed by atoms with van der Waals surface area (Å²) in [4.78, 5) is 13.9. The van der Waals surface area contributed by atoms with E-state index in [0.29, 0.717) is 19.6 Å². The number of para-hydroxylation sites is 1. The molecule has 1 unspecified atom stereocenters. The normalized spacial score (nSPS) is 19.2. The number of nitrogens with zero attached hydrogens (tertiary/aromatic N) is 1. The number of amides is 1. The van der Waals surface area contributed by atoms with Gasteiger partial charge >= 0.3 is 0 Å². The largest absolute Gasteiger partial charge is 0.493 e. The summed E-state index contributed by atoms with van der Waals surface area (Å²) in [5.41, 5.74) is 0. The van der Waals surface area contributed by atoms with Crippen LogP contribution in [0.4, 0.5) is 0 Å². The third-order valence-corrected chi connectivity index (χ3v) is 3.46. The highest BCUT2D eigenvalue weighted by Gasteiger charge is 2.22. The molecule has 1 N–H and O–H groups in total. The van der Waals surface area contributed by atoms with Gasteiger partial charge < -0.3 is 14.7 Å². The van der Waals surface area contributed by atoms with Crippen molar-refractivity contribution in [1.82, 2.24) is 4.90 Å². The number of ether oxygens (including phenoxy) is 1. The summed E-state index contributed by atoms with van der Waals surface area (Å²) in [6.45, 7) is 2.06. The molecule has 19 heavy (non-hydrogen) atoms. The van der Waals surface area contributed by atoms with Gasteiger partial charge in [-0.15, -0.1) is 0 Å². The van der Waals surface area contributed by atoms with Gasteiger partial charge in [-0.3, -0.25) is 4.79 Å². The van der Waals surface area contributed by atoms with Crippen molar-refractivity contribution in [3.05, 3.63) is 30.3 Å². The van der Waals surface area contributed by atoms with Gasteiger partial charge in [-0.05, 0) is 30.9 Å². The number of likely N-dealkylation sites (tertiary alicyclic amines) is 1. The first kappa shape index (κ1) is 13.9. The van der Waals surface area contributed by atoms with E-state index >= 15 is 0 Å². The van der Waals surface area contributed by atoms with Gasteiger partial charge in [-0.1, -0.05) is 18.2 Å². The number of carbonyl (C=O) groups is 1. The van der Waals surface area contributed by atoms with Crippen LogP contribution in [-0.2, 0) is 4.79 Å². The van der Waals surface area contributed by atoms with E-state index in [4.69, 9.17) is 9.84 Å². The molecule has 1 fully saturated rings. The number of carbonyl (C=O) groups excluding carboxylic acids is 1. The van der Waals surface area contributed by atoms with Gasteiger partial charge in [0.05, 0.1) is 13.0 Å². The Morgan fingerprint density at radius 1 is 1.37 bits per heavy atom. The highest BCUT2D eigenvalue weighted by Crippen LogP contribution is 2.16. The quantitative estimate of drug-likeness (QED) is 0.879. The van der Waals surface area contributed by atoms with Crippen molar-refractivity contribution in [3.63, 3.8) is 0 Å². The summed E-state index contributed by atoms with van der Waals surface area (Å²) in [6.07, 6.45) is 2.39. The zero-order chi connectivity index (χ0) is 13.5. The maximum absolute atomic E-state index is 12.0. The summed E-state index contributed by atoms with van der Waals surface area (Å²) in [5, 5.41) is 9.15. The molecular weight excluding hydrogens is 242 g/mol. The Labute approximate surface area is 114 Å². The highest BCUT2D eigenvalue weighted by atomic mass is 16.5. The second kappa shape index (κ2) is 7.14. The second-order valence-electron chi connectivity index (χ2n) is 4.94. The van der Waals surface area contributed by atoms with E-state index in [1.807, 2.05) is 35.2 Å². The van der Waals surface area contributed by atoms with Gasteiger partial charge in [-0.2, -0.15) is 0 Å². The Morgan fingerprint density at radius 2 is 2.16 bits per heavy atom. The van der Waals surface area contributed by atoms with E-state index in [9.17, 15) is 4.79 Å². The van der Waals surface area contributed by atoms with Crippen molar-refractivity contribution >= 4 is 5.91 Å². The van der Waals surface area contributed by atoms with E-state index in [-0.39, 0.29) is 18.4 Å². The maximum Gasteiger partial charge on any atom is 0.226 e. The van der Waals surface area contributed by atoms with Crippen LogP contribution in [0, 0.1) is 5.92 Å². The Bertz CT molecular complexity index is 394. The standard InChI is InChI=1S/C15H21NO3/c17-12-13-5-4-9-16(11-13)15(18)8-10-19-14-6-2-1-3-7-14/h1-3,6-7,13,17H,4-5,8-12H2.